The van der Waals surface area contributed by atoms with E-state index in [0.29, 0.717) is 13.0 Å². The third-order valence-electron chi connectivity index (χ3n) is 1.30. The quantitative estimate of drug-likeness (QED) is 0.583. The van der Waals surface area contributed by atoms with Crippen LogP contribution in [0.4, 0.5) is 0 Å². The van der Waals surface area contributed by atoms with Crippen molar-refractivity contribution in [1.82, 2.24) is 0 Å². The molecule has 0 heterocycles. The van der Waals surface area contributed by atoms with Crippen molar-refractivity contribution in [3.05, 3.63) is 0 Å². The van der Waals surface area contributed by atoms with Crippen LogP contribution in [0, 0.1) is 0 Å². The lowest BCUT2D eigenvalue weighted by Gasteiger charge is -2.23. The monoisotopic (exact) mass is 148 g/mol. The van der Waals surface area contributed by atoms with E-state index in [9.17, 15) is 0 Å². The predicted octanol–water partition coefficient (Wildman–Crippen LogP) is 0.156. The molecule has 0 saturated heterocycles. The van der Waals surface area contributed by atoms with Crippen LogP contribution in [0.3, 0.4) is 0 Å². The molecule has 0 atom stereocenters. The molecule has 3 heteroatoms. The molecule has 0 aromatic rings. The van der Waals surface area contributed by atoms with Gasteiger partial charge in [-0.15, -0.1) is 0 Å². The molecule has 0 rings (SSSR count). The van der Waals surface area contributed by atoms with Crippen LogP contribution in [0.1, 0.15) is 20.3 Å². The van der Waals surface area contributed by atoms with E-state index in [1.54, 1.807) is 0 Å². The van der Waals surface area contributed by atoms with Crippen molar-refractivity contribution >= 4 is 0 Å². The van der Waals surface area contributed by atoms with Crippen LogP contribution in [0.5, 0.6) is 0 Å². The SMILES string of the molecule is CC(C)(CCO)OCCO. The van der Waals surface area contributed by atoms with Gasteiger partial charge in [0.15, 0.2) is 0 Å². The normalized spacial score (nSPS) is 12.0. The number of hydrogen-bond acceptors (Lipinski definition) is 3. The largest absolute Gasteiger partial charge is 0.396 e. The Labute approximate surface area is 61.6 Å². The molecule has 0 unspecified atom stereocenters. The second-order valence-electron chi connectivity index (χ2n) is 2.81. The Kier molecular flexibility index (Phi) is 4.60. The molecule has 0 spiro atoms. The average Bonchev–Trinajstić information content (AvgIpc) is 1.84. The minimum atomic E-state index is -0.308. The van der Waals surface area contributed by atoms with Crippen LogP contribution in [0.2, 0.25) is 0 Å². The molecule has 0 aromatic heterocycles. The van der Waals surface area contributed by atoms with E-state index in [0.717, 1.165) is 0 Å². The molecule has 10 heavy (non-hydrogen) atoms. The van der Waals surface area contributed by atoms with Gasteiger partial charge in [-0.25, -0.2) is 0 Å². The lowest BCUT2D eigenvalue weighted by atomic mass is 10.1. The summed E-state index contributed by atoms with van der Waals surface area (Å²) in [6.45, 7) is 4.28. The highest BCUT2D eigenvalue weighted by molar-refractivity contribution is 4.66. The van der Waals surface area contributed by atoms with Crippen molar-refractivity contribution in [3.8, 4) is 0 Å². The lowest BCUT2D eigenvalue weighted by Crippen LogP contribution is -2.27. The maximum absolute atomic E-state index is 8.56. The molecular weight excluding hydrogens is 132 g/mol. The third kappa shape index (κ3) is 4.73. The summed E-state index contributed by atoms with van der Waals surface area (Å²) in [6, 6.07) is 0. The standard InChI is InChI=1S/C7H16O3/c1-7(2,3-4-8)10-6-5-9/h8-9H,3-6H2,1-2H3. The number of ether oxygens (including phenoxy) is 1. The first-order valence-corrected chi connectivity index (χ1v) is 3.48. The molecule has 0 aliphatic heterocycles. The van der Waals surface area contributed by atoms with Crippen molar-refractivity contribution in [2.75, 3.05) is 19.8 Å². The molecule has 2 N–H and O–H groups in total. The van der Waals surface area contributed by atoms with Gasteiger partial charge in [0.2, 0.25) is 0 Å². The Bertz CT molecular complexity index is 80.9. The fraction of sp³-hybridized carbons (Fsp3) is 1.00. The molecule has 0 aliphatic rings. The predicted molar refractivity (Wildman–Crippen MR) is 38.8 cm³/mol. The summed E-state index contributed by atoms with van der Waals surface area (Å²) in [5.41, 5.74) is -0.308. The van der Waals surface area contributed by atoms with E-state index >= 15 is 0 Å². The molecule has 0 aliphatic carbocycles. The molecule has 0 radical (unpaired) electrons. The van der Waals surface area contributed by atoms with Gasteiger partial charge in [-0.3, -0.25) is 0 Å². The molecule has 3 nitrogen and oxygen atoms in total. The third-order valence-corrected chi connectivity index (χ3v) is 1.30. The van der Waals surface area contributed by atoms with Crippen LogP contribution >= 0.6 is 0 Å². The van der Waals surface area contributed by atoms with Crippen LogP contribution in [0.15, 0.2) is 0 Å². The van der Waals surface area contributed by atoms with Gasteiger partial charge in [0.05, 0.1) is 18.8 Å². The highest BCUT2D eigenvalue weighted by atomic mass is 16.5. The van der Waals surface area contributed by atoms with Crippen LogP contribution in [0.25, 0.3) is 0 Å². The van der Waals surface area contributed by atoms with E-state index in [1.807, 2.05) is 13.8 Å². The summed E-state index contributed by atoms with van der Waals surface area (Å²) >= 11 is 0. The summed E-state index contributed by atoms with van der Waals surface area (Å²) < 4.78 is 5.21. The average molecular weight is 148 g/mol. The Morgan fingerprint density at radius 1 is 1.20 bits per heavy atom. The zero-order chi connectivity index (χ0) is 8.04. The highest BCUT2D eigenvalue weighted by Crippen LogP contribution is 2.12. The van der Waals surface area contributed by atoms with Gasteiger partial charge in [0, 0.05) is 6.61 Å². The second kappa shape index (κ2) is 4.66. The van der Waals surface area contributed by atoms with Crippen LogP contribution in [-0.4, -0.2) is 35.6 Å². The zero-order valence-corrected chi connectivity index (χ0v) is 6.63. The smallest absolute Gasteiger partial charge is 0.0705 e. The number of aliphatic hydroxyl groups excluding tert-OH is 2. The Morgan fingerprint density at radius 3 is 2.20 bits per heavy atom. The fourth-order valence-electron chi connectivity index (χ4n) is 0.663. The molecule has 0 amide bonds. The van der Waals surface area contributed by atoms with Gasteiger partial charge in [-0.2, -0.15) is 0 Å². The summed E-state index contributed by atoms with van der Waals surface area (Å²) in [5.74, 6) is 0. The van der Waals surface area contributed by atoms with Crippen molar-refractivity contribution in [2.24, 2.45) is 0 Å². The minimum absolute atomic E-state index is 0.0366. The first-order chi connectivity index (χ1) is 4.62. The first kappa shape index (κ1) is 9.88. The molecule has 0 bridgehead atoms. The van der Waals surface area contributed by atoms with Crippen molar-refractivity contribution in [1.29, 1.82) is 0 Å². The lowest BCUT2D eigenvalue weighted by molar-refractivity contribution is -0.0457. The van der Waals surface area contributed by atoms with Gasteiger partial charge < -0.3 is 14.9 Å². The number of hydrogen-bond donors (Lipinski definition) is 2. The van der Waals surface area contributed by atoms with Gasteiger partial charge in [-0.05, 0) is 20.3 Å². The maximum Gasteiger partial charge on any atom is 0.0705 e. The minimum Gasteiger partial charge on any atom is -0.396 e. The molecule has 0 aromatic carbocycles. The summed E-state index contributed by atoms with van der Waals surface area (Å²) in [6.07, 6.45) is 0.604. The Hall–Kier alpha value is -0.120. The van der Waals surface area contributed by atoms with E-state index in [1.165, 1.54) is 0 Å². The topological polar surface area (TPSA) is 49.7 Å². The Balaban J connectivity index is 3.42. The van der Waals surface area contributed by atoms with E-state index in [-0.39, 0.29) is 18.8 Å². The van der Waals surface area contributed by atoms with E-state index < -0.39 is 0 Å². The van der Waals surface area contributed by atoms with E-state index in [4.69, 9.17) is 14.9 Å². The molecule has 62 valence electrons. The van der Waals surface area contributed by atoms with Gasteiger partial charge in [-0.1, -0.05) is 0 Å². The summed E-state index contributed by atoms with van der Waals surface area (Å²) in [7, 11) is 0. The first-order valence-electron chi connectivity index (χ1n) is 3.48. The van der Waals surface area contributed by atoms with E-state index in [2.05, 4.69) is 0 Å². The van der Waals surface area contributed by atoms with Crippen molar-refractivity contribution < 1.29 is 14.9 Å². The van der Waals surface area contributed by atoms with Crippen LogP contribution < -0.4 is 0 Å². The molecular formula is C7H16O3. The Morgan fingerprint density at radius 2 is 1.80 bits per heavy atom. The number of rotatable bonds is 5. The fourth-order valence-corrected chi connectivity index (χ4v) is 0.663. The highest BCUT2D eigenvalue weighted by Gasteiger charge is 2.16. The number of aliphatic hydroxyl groups is 2. The molecule has 0 saturated carbocycles. The van der Waals surface area contributed by atoms with Gasteiger partial charge in [0.1, 0.15) is 0 Å². The zero-order valence-electron chi connectivity index (χ0n) is 6.63. The maximum atomic E-state index is 8.56. The van der Waals surface area contributed by atoms with Gasteiger partial charge >= 0.3 is 0 Å². The molecule has 0 fully saturated rings. The summed E-state index contributed by atoms with van der Waals surface area (Å²) in [5, 5.41) is 17.0. The van der Waals surface area contributed by atoms with Crippen LogP contribution in [-0.2, 0) is 4.74 Å². The van der Waals surface area contributed by atoms with Crippen molar-refractivity contribution in [3.63, 3.8) is 0 Å². The summed E-state index contributed by atoms with van der Waals surface area (Å²) in [4.78, 5) is 0. The second-order valence-corrected chi connectivity index (χ2v) is 2.81. The van der Waals surface area contributed by atoms with Crippen molar-refractivity contribution in [2.45, 2.75) is 25.9 Å². The van der Waals surface area contributed by atoms with Gasteiger partial charge in [0.25, 0.3) is 0 Å².